The van der Waals surface area contributed by atoms with Gasteiger partial charge in [0, 0.05) is 33.5 Å². The van der Waals surface area contributed by atoms with Gasteiger partial charge in [-0.1, -0.05) is 60.7 Å². The van der Waals surface area contributed by atoms with Crippen molar-refractivity contribution in [1.29, 1.82) is 0 Å². The van der Waals surface area contributed by atoms with Crippen LogP contribution in [0.2, 0.25) is 0 Å². The standard InChI is InChI=1S/C32H22N2O/c1-3-7-23-17-25(11-9-21(23)5-1)33-27-13-15-31-29(19-27)30-20-28(14-16-32(30)35-31)34-26-12-10-22-6-2-4-8-24(22)18-26/h1-20,33-34H. The van der Waals surface area contributed by atoms with E-state index in [1.165, 1.54) is 21.5 Å². The molecule has 7 aromatic rings. The van der Waals surface area contributed by atoms with Crippen molar-refractivity contribution >= 4 is 66.2 Å². The van der Waals surface area contributed by atoms with Gasteiger partial charge in [-0.3, -0.25) is 0 Å². The van der Waals surface area contributed by atoms with Crippen LogP contribution in [-0.2, 0) is 0 Å². The third-order valence-corrected chi connectivity index (χ3v) is 6.55. The number of nitrogens with one attached hydrogen (secondary N) is 2. The second kappa shape index (κ2) is 7.93. The molecule has 0 aliphatic carbocycles. The van der Waals surface area contributed by atoms with E-state index in [1.54, 1.807) is 0 Å². The molecule has 0 radical (unpaired) electrons. The van der Waals surface area contributed by atoms with Crippen LogP contribution in [-0.4, -0.2) is 0 Å². The number of benzene rings is 6. The Kier molecular flexibility index (Phi) is 4.46. The van der Waals surface area contributed by atoms with Crippen molar-refractivity contribution in [2.45, 2.75) is 0 Å². The average Bonchev–Trinajstić information content (AvgIpc) is 3.26. The second-order valence-corrected chi connectivity index (χ2v) is 8.90. The van der Waals surface area contributed by atoms with Crippen LogP contribution < -0.4 is 10.6 Å². The monoisotopic (exact) mass is 450 g/mol. The minimum absolute atomic E-state index is 0.881. The molecule has 0 bridgehead atoms. The summed E-state index contributed by atoms with van der Waals surface area (Å²) < 4.78 is 6.12. The van der Waals surface area contributed by atoms with Gasteiger partial charge in [-0.2, -0.15) is 0 Å². The van der Waals surface area contributed by atoms with E-state index in [2.05, 4.69) is 120 Å². The van der Waals surface area contributed by atoms with Crippen LogP contribution in [0.15, 0.2) is 126 Å². The Morgan fingerprint density at radius 1 is 0.371 bits per heavy atom. The number of hydrogen-bond acceptors (Lipinski definition) is 3. The van der Waals surface area contributed by atoms with Gasteiger partial charge in [-0.15, -0.1) is 0 Å². The Morgan fingerprint density at radius 2 is 0.771 bits per heavy atom. The van der Waals surface area contributed by atoms with Gasteiger partial charge in [0.15, 0.2) is 0 Å². The number of hydrogen-bond donors (Lipinski definition) is 2. The Bertz CT molecular complexity index is 1730. The highest BCUT2D eigenvalue weighted by atomic mass is 16.3. The summed E-state index contributed by atoms with van der Waals surface area (Å²) in [6.07, 6.45) is 0. The minimum atomic E-state index is 0.881. The quantitative estimate of drug-likeness (QED) is 0.280. The van der Waals surface area contributed by atoms with E-state index < -0.39 is 0 Å². The highest BCUT2D eigenvalue weighted by Crippen LogP contribution is 2.34. The molecule has 1 heterocycles. The summed E-state index contributed by atoms with van der Waals surface area (Å²) in [4.78, 5) is 0. The lowest BCUT2D eigenvalue weighted by molar-refractivity contribution is 0.669. The first-order valence-corrected chi connectivity index (χ1v) is 11.8. The van der Waals surface area contributed by atoms with E-state index in [1.807, 2.05) is 12.1 Å². The van der Waals surface area contributed by atoms with E-state index >= 15 is 0 Å². The van der Waals surface area contributed by atoms with Crippen molar-refractivity contribution in [1.82, 2.24) is 0 Å². The Morgan fingerprint density at radius 3 is 1.26 bits per heavy atom. The molecule has 0 unspecified atom stereocenters. The SMILES string of the molecule is c1ccc2cc(Nc3ccc4oc5ccc(Nc6ccc7ccccc7c6)cc5c4c3)ccc2c1. The third kappa shape index (κ3) is 3.64. The van der Waals surface area contributed by atoms with Crippen molar-refractivity contribution in [3.63, 3.8) is 0 Å². The van der Waals surface area contributed by atoms with Gasteiger partial charge in [-0.05, 0) is 82.2 Å². The van der Waals surface area contributed by atoms with Crippen LogP contribution in [0.5, 0.6) is 0 Å². The molecule has 0 aliphatic rings. The smallest absolute Gasteiger partial charge is 0.135 e. The molecule has 0 saturated carbocycles. The van der Waals surface area contributed by atoms with E-state index in [0.717, 1.165) is 44.7 Å². The predicted octanol–water partition coefficient (Wildman–Crippen LogP) is 9.38. The summed E-state index contributed by atoms with van der Waals surface area (Å²) in [5.74, 6) is 0. The van der Waals surface area contributed by atoms with Gasteiger partial charge in [0.25, 0.3) is 0 Å². The summed E-state index contributed by atoms with van der Waals surface area (Å²) >= 11 is 0. The highest BCUT2D eigenvalue weighted by Gasteiger charge is 2.10. The van der Waals surface area contributed by atoms with Crippen molar-refractivity contribution in [3.8, 4) is 0 Å². The molecule has 6 aromatic carbocycles. The first kappa shape index (κ1) is 19.7. The maximum Gasteiger partial charge on any atom is 0.135 e. The topological polar surface area (TPSA) is 37.2 Å². The van der Waals surface area contributed by atoms with Crippen molar-refractivity contribution < 1.29 is 4.42 Å². The van der Waals surface area contributed by atoms with Crippen LogP contribution in [0.1, 0.15) is 0 Å². The van der Waals surface area contributed by atoms with Gasteiger partial charge in [0.05, 0.1) is 0 Å². The molecular weight excluding hydrogens is 428 g/mol. The van der Waals surface area contributed by atoms with E-state index in [0.29, 0.717) is 0 Å². The summed E-state index contributed by atoms with van der Waals surface area (Å²) in [6, 6.07) is 42.2. The summed E-state index contributed by atoms with van der Waals surface area (Å²) in [5.41, 5.74) is 5.95. The van der Waals surface area contributed by atoms with Crippen LogP contribution in [0.3, 0.4) is 0 Å². The fraction of sp³-hybridized carbons (Fsp3) is 0. The van der Waals surface area contributed by atoms with Gasteiger partial charge in [-0.25, -0.2) is 0 Å². The molecule has 2 N–H and O–H groups in total. The molecule has 0 spiro atoms. The van der Waals surface area contributed by atoms with E-state index in [9.17, 15) is 0 Å². The highest BCUT2D eigenvalue weighted by molar-refractivity contribution is 6.07. The van der Waals surface area contributed by atoms with Crippen molar-refractivity contribution in [3.05, 3.63) is 121 Å². The summed E-state index contributed by atoms with van der Waals surface area (Å²) in [5, 5.41) is 14.2. The second-order valence-electron chi connectivity index (χ2n) is 8.90. The van der Waals surface area contributed by atoms with Gasteiger partial charge < -0.3 is 15.1 Å². The minimum Gasteiger partial charge on any atom is -0.456 e. The normalized spacial score (nSPS) is 11.4. The van der Waals surface area contributed by atoms with Gasteiger partial charge in [0.2, 0.25) is 0 Å². The molecule has 1 aromatic heterocycles. The number of anilines is 4. The molecule has 0 aliphatic heterocycles. The predicted molar refractivity (Wildman–Crippen MR) is 148 cm³/mol. The zero-order valence-corrected chi connectivity index (χ0v) is 19.0. The lowest BCUT2D eigenvalue weighted by Crippen LogP contribution is -1.90. The molecule has 35 heavy (non-hydrogen) atoms. The van der Waals surface area contributed by atoms with Crippen molar-refractivity contribution in [2.75, 3.05) is 10.6 Å². The van der Waals surface area contributed by atoms with Crippen LogP contribution in [0.4, 0.5) is 22.7 Å². The van der Waals surface area contributed by atoms with Crippen LogP contribution >= 0.6 is 0 Å². The first-order valence-electron chi connectivity index (χ1n) is 11.8. The molecule has 3 nitrogen and oxygen atoms in total. The maximum absolute atomic E-state index is 6.12. The molecular formula is C32H22N2O. The fourth-order valence-electron chi connectivity index (χ4n) is 4.80. The van der Waals surface area contributed by atoms with Crippen LogP contribution in [0.25, 0.3) is 43.5 Å². The largest absolute Gasteiger partial charge is 0.456 e. The zero-order valence-electron chi connectivity index (χ0n) is 19.0. The third-order valence-electron chi connectivity index (χ3n) is 6.55. The molecule has 0 amide bonds. The Hall–Kier alpha value is -4.76. The molecule has 0 fully saturated rings. The van der Waals surface area contributed by atoms with Gasteiger partial charge >= 0.3 is 0 Å². The Balaban J connectivity index is 1.23. The summed E-state index contributed by atoms with van der Waals surface area (Å²) in [6.45, 7) is 0. The first-order chi connectivity index (χ1) is 17.3. The average molecular weight is 451 g/mol. The molecule has 3 heteroatoms. The van der Waals surface area contributed by atoms with Crippen LogP contribution in [0, 0.1) is 0 Å². The summed E-state index contributed by atoms with van der Waals surface area (Å²) in [7, 11) is 0. The molecule has 7 rings (SSSR count). The fourth-order valence-corrected chi connectivity index (χ4v) is 4.80. The van der Waals surface area contributed by atoms with E-state index in [4.69, 9.17) is 4.42 Å². The number of furan rings is 1. The lowest BCUT2D eigenvalue weighted by atomic mass is 10.1. The Labute approximate surface area is 202 Å². The lowest BCUT2D eigenvalue weighted by Gasteiger charge is -2.09. The molecule has 166 valence electrons. The van der Waals surface area contributed by atoms with E-state index in [-0.39, 0.29) is 0 Å². The molecule has 0 atom stereocenters. The zero-order chi connectivity index (χ0) is 23.2. The van der Waals surface area contributed by atoms with Crippen molar-refractivity contribution in [2.24, 2.45) is 0 Å². The maximum atomic E-state index is 6.12. The number of fused-ring (bicyclic) bond motifs is 5. The molecule has 0 saturated heterocycles. The number of rotatable bonds is 4. The van der Waals surface area contributed by atoms with Gasteiger partial charge in [0.1, 0.15) is 11.2 Å².